The maximum absolute atomic E-state index is 5.14. The van der Waals surface area contributed by atoms with E-state index in [1.54, 1.807) is 0 Å². The van der Waals surface area contributed by atoms with Crippen molar-refractivity contribution in [1.82, 2.24) is 19.1 Å². The fourth-order valence-electron chi connectivity index (χ4n) is 7.53. The van der Waals surface area contributed by atoms with Gasteiger partial charge in [0, 0.05) is 50.1 Å². The molecular weight excluding hydrogens is 609 g/mol. The highest BCUT2D eigenvalue weighted by atomic mass is 15.0. The minimum atomic E-state index is 0.917. The molecule has 0 N–H and O–H groups in total. The molecule has 0 radical (unpaired) electrons. The molecule has 4 heteroatoms. The smallest absolute Gasteiger partial charge is 0.145 e. The highest BCUT2D eigenvalue weighted by molar-refractivity contribution is 6.15. The van der Waals surface area contributed by atoms with E-state index < -0.39 is 0 Å². The molecule has 6 aromatic carbocycles. The SMILES string of the molecule is c1ccc(-c2cc(-n3c4ccc(-c5cccc6c7ccccc7n(-c7ccccc7)c56)cc4c4cccnc43)cc(-c3ccccc3)n2)cc1. The lowest BCUT2D eigenvalue weighted by Crippen LogP contribution is -1.99. The van der Waals surface area contributed by atoms with Gasteiger partial charge in [0.05, 0.1) is 33.6 Å². The van der Waals surface area contributed by atoms with E-state index in [1.807, 2.05) is 24.4 Å². The number of hydrogen-bond acceptors (Lipinski definition) is 2. The Bertz CT molecular complexity index is 2790. The Morgan fingerprint density at radius 3 is 1.74 bits per heavy atom. The molecule has 0 saturated heterocycles. The van der Waals surface area contributed by atoms with Gasteiger partial charge in [-0.1, -0.05) is 121 Å². The van der Waals surface area contributed by atoms with Crippen LogP contribution < -0.4 is 0 Å². The van der Waals surface area contributed by atoms with Gasteiger partial charge in [0.1, 0.15) is 5.65 Å². The van der Waals surface area contributed by atoms with E-state index in [2.05, 4.69) is 167 Å². The number of aromatic nitrogens is 4. The summed E-state index contributed by atoms with van der Waals surface area (Å²) in [7, 11) is 0. The van der Waals surface area contributed by atoms with Crippen molar-refractivity contribution < 1.29 is 0 Å². The summed E-state index contributed by atoms with van der Waals surface area (Å²) in [5, 5.41) is 4.75. The number of para-hydroxylation sites is 3. The van der Waals surface area contributed by atoms with Crippen LogP contribution in [0.25, 0.3) is 88.8 Å². The average molecular weight is 639 g/mol. The van der Waals surface area contributed by atoms with Gasteiger partial charge in [-0.25, -0.2) is 9.97 Å². The summed E-state index contributed by atoms with van der Waals surface area (Å²) in [6.45, 7) is 0. The molecule has 0 amide bonds. The summed E-state index contributed by atoms with van der Waals surface area (Å²) < 4.78 is 4.69. The molecule has 0 atom stereocenters. The zero-order valence-electron chi connectivity index (χ0n) is 27.1. The monoisotopic (exact) mass is 638 g/mol. The van der Waals surface area contributed by atoms with E-state index in [0.29, 0.717) is 0 Å². The first kappa shape index (κ1) is 28.3. The van der Waals surface area contributed by atoms with Crippen molar-refractivity contribution in [3.63, 3.8) is 0 Å². The van der Waals surface area contributed by atoms with E-state index in [1.165, 1.54) is 27.4 Å². The molecule has 50 heavy (non-hydrogen) atoms. The third-order valence-corrected chi connectivity index (χ3v) is 9.75. The lowest BCUT2D eigenvalue weighted by molar-refractivity contribution is 1.12. The summed E-state index contributed by atoms with van der Waals surface area (Å²) in [5.41, 5.74) is 12.9. The second-order valence-electron chi connectivity index (χ2n) is 12.7. The quantitative estimate of drug-likeness (QED) is 0.188. The Morgan fingerprint density at radius 2 is 1.00 bits per heavy atom. The summed E-state index contributed by atoms with van der Waals surface area (Å²) in [4.78, 5) is 10.1. The van der Waals surface area contributed by atoms with Crippen molar-refractivity contribution in [2.75, 3.05) is 0 Å². The fourth-order valence-corrected chi connectivity index (χ4v) is 7.53. The summed E-state index contributed by atoms with van der Waals surface area (Å²) in [5.74, 6) is 0. The van der Waals surface area contributed by atoms with Crippen LogP contribution in [0.4, 0.5) is 0 Å². The highest BCUT2D eigenvalue weighted by Crippen LogP contribution is 2.41. The lowest BCUT2D eigenvalue weighted by Gasteiger charge is -2.13. The standard InChI is InChI=1S/C46H30N4/c1-4-14-31(15-5-1)41-29-35(30-42(48-41)32-16-6-2-7-17-32)50-44-26-25-33(28-40(44)39-23-13-27-47-46(39)50)36-21-12-22-38-37-20-10-11-24-43(37)49(45(36)38)34-18-8-3-9-19-34/h1-30H. The third kappa shape index (κ3) is 4.46. The minimum absolute atomic E-state index is 0.917. The molecule has 4 heterocycles. The van der Waals surface area contributed by atoms with Crippen molar-refractivity contribution >= 4 is 43.7 Å². The predicted octanol–water partition coefficient (Wildman–Crippen LogP) is 11.7. The third-order valence-electron chi connectivity index (χ3n) is 9.75. The van der Waals surface area contributed by atoms with Gasteiger partial charge in [0.25, 0.3) is 0 Å². The van der Waals surface area contributed by atoms with E-state index >= 15 is 0 Å². The van der Waals surface area contributed by atoms with E-state index in [0.717, 1.165) is 61.4 Å². The van der Waals surface area contributed by atoms with Gasteiger partial charge < -0.3 is 4.57 Å². The topological polar surface area (TPSA) is 35.6 Å². The maximum atomic E-state index is 5.14. The van der Waals surface area contributed by atoms with Crippen molar-refractivity contribution in [3.8, 4) is 45.0 Å². The van der Waals surface area contributed by atoms with Gasteiger partial charge in [0.2, 0.25) is 0 Å². The molecule has 234 valence electrons. The molecule has 4 nitrogen and oxygen atoms in total. The Kier molecular flexibility index (Phi) is 6.46. The minimum Gasteiger partial charge on any atom is -0.309 e. The van der Waals surface area contributed by atoms with Crippen LogP contribution >= 0.6 is 0 Å². The number of fused-ring (bicyclic) bond motifs is 6. The van der Waals surface area contributed by atoms with Crippen molar-refractivity contribution in [3.05, 3.63) is 182 Å². The zero-order valence-corrected chi connectivity index (χ0v) is 27.1. The number of nitrogens with zero attached hydrogens (tertiary/aromatic N) is 4. The Balaban J connectivity index is 1.23. The molecule has 0 bridgehead atoms. The van der Waals surface area contributed by atoms with Gasteiger partial charge >= 0.3 is 0 Å². The van der Waals surface area contributed by atoms with Gasteiger partial charge in [0.15, 0.2) is 0 Å². The van der Waals surface area contributed by atoms with Crippen molar-refractivity contribution in [2.24, 2.45) is 0 Å². The van der Waals surface area contributed by atoms with Gasteiger partial charge in [-0.15, -0.1) is 0 Å². The maximum Gasteiger partial charge on any atom is 0.145 e. The lowest BCUT2D eigenvalue weighted by atomic mass is 10.00. The number of rotatable bonds is 5. The van der Waals surface area contributed by atoms with Gasteiger partial charge in [-0.3, -0.25) is 4.57 Å². The van der Waals surface area contributed by atoms with Crippen LogP contribution in [0.2, 0.25) is 0 Å². The Hall–Kier alpha value is -6.78. The Morgan fingerprint density at radius 1 is 0.380 bits per heavy atom. The first-order valence-electron chi connectivity index (χ1n) is 16.9. The van der Waals surface area contributed by atoms with Gasteiger partial charge in [-0.2, -0.15) is 0 Å². The number of hydrogen-bond donors (Lipinski definition) is 0. The largest absolute Gasteiger partial charge is 0.309 e. The fraction of sp³-hybridized carbons (Fsp3) is 0. The molecule has 10 rings (SSSR count). The van der Waals surface area contributed by atoms with Crippen LogP contribution in [0.3, 0.4) is 0 Å². The molecule has 4 aromatic heterocycles. The van der Waals surface area contributed by atoms with E-state index in [-0.39, 0.29) is 0 Å². The molecule has 0 aliphatic carbocycles. The molecule has 0 spiro atoms. The van der Waals surface area contributed by atoms with Crippen LogP contribution in [0.5, 0.6) is 0 Å². The normalized spacial score (nSPS) is 11.6. The Labute approximate surface area is 289 Å². The molecule has 10 aromatic rings. The second-order valence-corrected chi connectivity index (χ2v) is 12.7. The molecule has 0 fully saturated rings. The van der Waals surface area contributed by atoms with E-state index in [4.69, 9.17) is 9.97 Å². The first-order valence-corrected chi connectivity index (χ1v) is 16.9. The van der Waals surface area contributed by atoms with Crippen LogP contribution in [-0.4, -0.2) is 19.1 Å². The average Bonchev–Trinajstić information content (AvgIpc) is 3.71. The first-order chi connectivity index (χ1) is 24.8. The molecule has 0 aliphatic heterocycles. The number of benzene rings is 6. The van der Waals surface area contributed by atoms with Gasteiger partial charge in [-0.05, 0) is 60.2 Å². The summed E-state index contributed by atoms with van der Waals surface area (Å²) in [6.07, 6.45) is 1.88. The summed E-state index contributed by atoms with van der Waals surface area (Å²) in [6, 6.07) is 62.3. The van der Waals surface area contributed by atoms with Crippen molar-refractivity contribution in [2.45, 2.75) is 0 Å². The predicted molar refractivity (Wildman–Crippen MR) is 207 cm³/mol. The highest BCUT2D eigenvalue weighted by Gasteiger charge is 2.20. The molecule has 0 saturated carbocycles. The van der Waals surface area contributed by atoms with E-state index in [9.17, 15) is 0 Å². The van der Waals surface area contributed by atoms with Crippen LogP contribution in [0.1, 0.15) is 0 Å². The summed E-state index contributed by atoms with van der Waals surface area (Å²) >= 11 is 0. The van der Waals surface area contributed by atoms with Crippen molar-refractivity contribution in [1.29, 1.82) is 0 Å². The van der Waals surface area contributed by atoms with Crippen LogP contribution in [0.15, 0.2) is 182 Å². The van der Waals surface area contributed by atoms with Crippen LogP contribution in [-0.2, 0) is 0 Å². The molecular formula is C46H30N4. The molecule has 0 aliphatic rings. The number of pyridine rings is 2. The zero-order chi connectivity index (χ0) is 33.0. The second kappa shape index (κ2) is 11.4. The van der Waals surface area contributed by atoms with Crippen LogP contribution in [0, 0.1) is 0 Å². The molecule has 0 unspecified atom stereocenters.